The van der Waals surface area contributed by atoms with Gasteiger partial charge in [-0.05, 0) is 65.5 Å². The number of carbonyl (C=O) groups excluding carboxylic acids is 2. The zero-order valence-corrected chi connectivity index (χ0v) is 19.1. The van der Waals surface area contributed by atoms with Gasteiger partial charge in [-0.2, -0.15) is 8.42 Å². The fourth-order valence-electron chi connectivity index (χ4n) is 3.06. The number of esters is 1. The average Bonchev–Trinajstić information content (AvgIpc) is 2.65. The van der Waals surface area contributed by atoms with Gasteiger partial charge in [-0.25, -0.2) is 4.79 Å². The van der Waals surface area contributed by atoms with E-state index in [1.807, 2.05) is 6.92 Å². The molecule has 0 spiro atoms. The first-order valence-corrected chi connectivity index (χ1v) is 11.4. The van der Waals surface area contributed by atoms with Crippen molar-refractivity contribution in [2.45, 2.75) is 63.5 Å². The summed E-state index contributed by atoms with van der Waals surface area (Å²) in [5.74, 6) is -1.28. The number of likely N-dealkylation sites (tertiary alicyclic amines) is 1. The van der Waals surface area contributed by atoms with E-state index in [0.29, 0.717) is 25.9 Å². The molecule has 1 aliphatic rings. The van der Waals surface area contributed by atoms with Crippen LogP contribution in [0.2, 0.25) is 0 Å². The number of nitrogens with zero attached hydrogens (tertiary/aromatic N) is 1. The molecule has 0 bridgehead atoms. The molecule has 8 nitrogen and oxygen atoms in total. The molecule has 1 amide bonds. The Morgan fingerprint density at radius 1 is 1.10 bits per heavy atom. The van der Waals surface area contributed by atoms with Crippen LogP contribution in [-0.2, 0) is 28.6 Å². The van der Waals surface area contributed by atoms with E-state index in [1.54, 1.807) is 32.9 Å². The maximum Gasteiger partial charge on any atom is 0.336 e. The van der Waals surface area contributed by atoms with Gasteiger partial charge in [0.05, 0.1) is 11.5 Å². The third-order valence-corrected chi connectivity index (χ3v) is 6.23. The highest BCUT2D eigenvalue weighted by molar-refractivity contribution is 7.86. The zero-order chi connectivity index (χ0) is 22.7. The van der Waals surface area contributed by atoms with Crippen molar-refractivity contribution in [1.82, 2.24) is 4.90 Å². The first kappa shape index (κ1) is 24.3. The number of hydrogen-bond donors (Lipinski definition) is 1. The summed E-state index contributed by atoms with van der Waals surface area (Å²) in [6.07, 6.45) is 1.11. The van der Waals surface area contributed by atoms with Gasteiger partial charge >= 0.3 is 5.97 Å². The van der Waals surface area contributed by atoms with Gasteiger partial charge in [0.25, 0.3) is 16.0 Å². The number of benzene rings is 1. The molecule has 9 heteroatoms. The van der Waals surface area contributed by atoms with E-state index in [2.05, 4.69) is 0 Å². The second kappa shape index (κ2) is 9.03. The number of carbonyl (C=O) groups is 2. The van der Waals surface area contributed by atoms with Gasteiger partial charge in [-0.1, -0.05) is 17.7 Å². The molecule has 1 atom stereocenters. The molecule has 168 valence electrons. The van der Waals surface area contributed by atoms with Gasteiger partial charge in [0.1, 0.15) is 5.60 Å². The highest BCUT2D eigenvalue weighted by Gasteiger charge is 2.43. The van der Waals surface area contributed by atoms with Crippen LogP contribution in [0.4, 0.5) is 0 Å². The van der Waals surface area contributed by atoms with Crippen LogP contribution in [0.25, 0.3) is 0 Å². The largest absolute Gasteiger partial charge is 0.458 e. The van der Waals surface area contributed by atoms with Crippen LogP contribution in [0.3, 0.4) is 0 Å². The Morgan fingerprint density at radius 2 is 1.63 bits per heavy atom. The van der Waals surface area contributed by atoms with Crippen molar-refractivity contribution in [3.05, 3.63) is 29.8 Å². The molecule has 1 aliphatic heterocycles. The van der Waals surface area contributed by atoms with E-state index in [0.717, 1.165) is 5.56 Å². The Balaban J connectivity index is 1.89. The number of nitrogens with two attached hydrogens (primary N) is 1. The number of piperidine rings is 1. The molecule has 30 heavy (non-hydrogen) atoms. The van der Waals surface area contributed by atoms with Gasteiger partial charge in [0, 0.05) is 13.1 Å². The van der Waals surface area contributed by atoms with Crippen LogP contribution < -0.4 is 5.73 Å². The fourth-order valence-corrected chi connectivity index (χ4v) is 4.04. The summed E-state index contributed by atoms with van der Waals surface area (Å²) in [6.45, 7) is 9.14. The maximum atomic E-state index is 12.8. The fraction of sp³-hybridized carbons (Fsp3) is 0.619. The molecule has 1 unspecified atom stereocenters. The lowest BCUT2D eigenvalue weighted by molar-refractivity contribution is -0.166. The molecular formula is C21H32N2O6S. The molecule has 1 saturated heterocycles. The minimum Gasteiger partial charge on any atom is -0.458 e. The first-order valence-electron chi connectivity index (χ1n) is 10.0. The second-order valence-electron chi connectivity index (χ2n) is 8.99. The summed E-state index contributed by atoms with van der Waals surface area (Å²) in [7, 11) is -3.82. The standard InChI is InChI=1S/C21H32N2O6S/c1-15-6-8-17(9-7-15)30(26,27)28-14-16-10-12-23(13-11-16)18(24)21(5,22)19(25)29-20(2,3)4/h6-9,16H,10-14,22H2,1-5H3. The van der Waals surface area contributed by atoms with Crippen LogP contribution in [0.5, 0.6) is 0 Å². The van der Waals surface area contributed by atoms with Gasteiger partial charge in [-0.3, -0.25) is 8.98 Å². The van der Waals surface area contributed by atoms with Crippen LogP contribution in [0.1, 0.15) is 46.1 Å². The summed E-state index contributed by atoms with van der Waals surface area (Å²) in [5.41, 5.74) is 4.44. The highest BCUT2D eigenvalue weighted by atomic mass is 32.2. The normalized spacial score (nSPS) is 18.0. The summed E-state index contributed by atoms with van der Waals surface area (Å²) in [4.78, 5) is 26.7. The number of hydrogen-bond acceptors (Lipinski definition) is 7. The predicted octanol–water partition coefficient (Wildman–Crippen LogP) is 2.00. The van der Waals surface area contributed by atoms with Crippen LogP contribution in [0, 0.1) is 12.8 Å². The minimum atomic E-state index is -3.82. The molecule has 2 N–H and O–H groups in total. The Bertz CT molecular complexity index is 864. The summed E-state index contributed by atoms with van der Waals surface area (Å²) < 4.78 is 35.1. The Morgan fingerprint density at radius 3 is 2.13 bits per heavy atom. The molecule has 1 aromatic rings. The van der Waals surface area contributed by atoms with Crippen LogP contribution in [-0.4, -0.2) is 56.0 Å². The molecule has 2 rings (SSSR count). The zero-order valence-electron chi connectivity index (χ0n) is 18.3. The number of rotatable bonds is 6. The van der Waals surface area contributed by atoms with Gasteiger partial charge < -0.3 is 15.4 Å². The topological polar surface area (TPSA) is 116 Å². The number of amides is 1. The van der Waals surface area contributed by atoms with E-state index < -0.39 is 33.1 Å². The van der Waals surface area contributed by atoms with Crippen LogP contribution >= 0.6 is 0 Å². The van der Waals surface area contributed by atoms with E-state index in [-0.39, 0.29) is 17.4 Å². The first-order chi connectivity index (χ1) is 13.7. The Labute approximate surface area is 178 Å². The molecular weight excluding hydrogens is 408 g/mol. The molecule has 0 aliphatic carbocycles. The molecule has 0 radical (unpaired) electrons. The van der Waals surface area contributed by atoms with E-state index in [1.165, 1.54) is 24.0 Å². The SMILES string of the molecule is Cc1ccc(S(=O)(=O)OCC2CCN(C(=O)C(C)(N)C(=O)OC(C)(C)C)CC2)cc1. The number of aryl methyl sites for hydroxylation is 1. The molecule has 1 aromatic carbocycles. The quantitative estimate of drug-likeness (QED) is 0.408. The van der Waals surface area contributed by atoms with Crippen molar-refractivity contribution in [3.8, 4) is 0 Å². The van der Waals surface area contributed by atoms with Crippen molar-refractivity contribution in [2.75, 3.05) is 19.7 Å². The number of ether oxygens (including phenoxy) is 1. The summed E-state index contributed by atoms with van der Waals surface area (Å²) >= 11 is 0. The lowest BCUT2D eigenvalue weighted by Crippen LogP contribution is -2.61. The van der Waals surface area contributed by atoms with Crippen molar-refractivity contribution in [1.29, 1.82) is 0 Å². The third kappa shape index (κ3) is 6.26. The lowest BCUT2D eigenvalue weighted by atomic mass is 9.94. The van der Waals surface area contributed by atoms with Gasteiger partial charge in [0.15, 0.2) is 5.54 Å². The van der Waals surface area contributed by atoms with Crippen LogP contribution in [0.15, 0.2) is 29.2 Å². The van der Waals surface area contributed by atoms with E-state index in [4.69, 9.17) is 14.7 Å². The van der Waals surface area contributed by atoms with Gasteiger partial charge in [-0.15, -0.1) is 0 Å². The molecule has 1 fully saturated rings. The third-order valence-electron chi connectivity index (χ3n) is 4.94. The average molecular weight is 441 g/mol. The second-order valence-corrected chi connectivity index (χ2v) is 10.6. The highest BCUT2D eigenvalue weighted by Crippen LogP contribution is 2.23. The minimum absolute atomic E-state index is 0.0140. The predicted molar refractivity (Wildman–Crippen MR) is 112 cm³/mol. The monoisotopic (exact) mass is 440 g/mol. The van der Waals surface area contributed by atoms with E-state index >= 15 is 0 Å². The molecule has 1 heterocycles. The Hall–Kier alpha value is -1.97. The molecule has 0 saturated carbocycles. The van der Waals surface area contributed by atoms with Crippen molar-refractivity contribution in [3.63, 3.8) is 0 Å². The summed E-state index contributed by atoms with van der Waals surface area (Å²) in [5, 5.41) is 0. The van der Waals surface area contributed by atoms with Crippen molar-refractivity contribution < 1.29 is 26.9 Å². The van der Waals surface area contributed by atoms with Gasteiger partial charge in [0.2, 0.25) is 0 Å². The van der Waals surface area contributed by atoms with Crippen molar-refractivity contribution >= 4 is 22.0 Å². The maximum absolute atomic E-state index is 12.8. The van der Waals surface area contributed by atoms with Crippen molar-refractivity contribution in [2.24, 2.45) is 11.7 Å². The van der Waals surface area contributed by atoms with E-state index in [9.17, 15) is 18.0 Å². The Kier molecular flexibility index (Phi) is 7.32. The lowest BCUT2D eigenvalue weighted by Gasteiger charge is -2.36. The molecule has 0 aromatic heterocycles. The smallest absolute Gasteiger partial charge is 0.336 e. The summed E-state index contributed by atoms with van der Waals surface area (Å²) in [6, 6.07) is 6.47.